The van der Waals surface area contributed by atoms with Gasteiger partial charge in [0.05, 0.1) is 24.4 Å². The van der Waals surface area contributed by atoms with E-state index in [0.29, 0.717) is 12.8 Å². The van der Waals surface area contributed by atoms with Gasteiger partial charge in [-0.1, -0.05) is 48.6 Å². The molecule has 1 fully saturated rings. The summed E-state index contributed by atoms with van der Waals surface area (Å²) in [6.07, 6.45) is -2.12. The first-order valence-corrected chi connectivity index (χ1v) is 8.97. The minimum Gasteiger partial charge on any atom is -0.371 e. The third-order valence-electron chi connectivity index (χ3n) is 4.95. The van der Waals surface area contributed by atoms with Gasteiger partial charge in [0.25, 0.3) is 0 Å². The number of benzene rings is 2. The minimum absolute atomic E-state index is 0.0698. The van der Waals surface area contributed by atoms with Crippen LogP contribution in [0, 0.1) is 19.7 Å². The van der Waals surface area contributed by atoms with Crippen molar-refractivity contribution >= 4 is 6.08 Å². The van der Waals surface area contributed by atoms with Crippen LogP contribution in [-0.4, -0.2) is 12.7 Å². The monoisotopic (exact) mass is 376 g/mol. The molecule has 2 nitrogen and oxygen atoms in total. The minimum atomic E-state index is -3.59. The third-order valence-corrected chi connectivity index (χ3v) is 4.95. The summed E-state index contributed by atoms with van der Waals surface area (Å²) in [6.45, 7) is 6.87. The average Bonchev–Trinajstić information content (AvgIpc) is 2.65. The fourth-order valence-corrected chi connectivity index (χ4v) is 3.32. The van der Waals surface area contributed by atoms with Gasteiger partial charge in [0, 0.05) is 5.56 Å². The quantitative estimate of drug-likeness (QED) is 0.630. The van der Waals surface area contributed by atoms with E-state index in [2.05, 4.69) is 6.58 Å². The summed E-state index contributed by atoms with van der Waals surface area (Å²) in [6, 6.07) is 10.5. The second-order valence-corrected chi connectivity index (χ2v) is 6.91. The molecule has 0 radical (unpaired) electrons. The van der Waals surface area contributed by atoms with Crippen LogP contribution in [0.5, 0.6) is 0 Å². The summed E-state index contributed by atoms with van der Waals surface area (Å²) in [5.41, 5.74) is 1.77. The molecule has 0 saturated carbocycles. The van der Waals surface area contributed by atoms with Crippen LogP contribution in [0.15, 0.2) is 43.0 Å². The zero-order valence-electron chi connectivity index (χ0n) is 15.5. The van der Waals surface area contributed by atoms with E-state index in [4.69, 9.17) is 9.47 Å². The summed E-state index contributed by atoms with van der Waals surface area (Å²) in [5, 5.41) is 0. The van der Waals surface area contributed by atoms with Crippen molar-refractivity contribution in [1.29, 1.82) is 0 Å². The molecule has 5 heteroatoms. The lowest BCUT2D eigenvalue weighted by atomic mass is 9.99. The Balaban J connectivity index is 1.66. The largest absolute Gasteiger partial charge is 0.384 e. The van der Waals surface area contributed by atoms with Crippen LogP contribution in [-0.2, 0) is 15.6 Å². The van der Waals surface area contributed by atoms with Gasteiger partial charge in [-0.3, -0.25) is 0 Å². The number of hydrogen-bond donors (Lipinski definition) is 0. The van der Waals surface area contributed by atoms with Gasteiger partial charge < -0.3 is 9.47 Å². The fourth-order valence-electron chi connectivity index (χ4n) is 3.32. The zero-order chi connectivity index (χ0) is 19.6. The molecule has 3 rings (SSSR count). The van der Waals surface area contributed by atoms with Gasteiger partial charge in [0.1, 0.15) is 5.82 Å². The number of halogens is 3. The molecule has 2 aromatic carbocycles. The van der Waals surface area contributed by atoms with E-state index in [1.54, 1.807) is 0 Å². The molecule has 1 heterocycles. The molecule has 1 aliphatic heterocycles. The average molecular weight is 376 g/mol. The predicted octanol–water partition coefficient (Wildman–Crippen LogP) is 6.07. The highest BCUT2D eigenvalue weighted by molar-refractivity contribution is 5.51. The maximum absolute atomic E-state index is 14.6. The second-order valence-electron chi connectivity index (χ2n) is 6.91. The van der Waals surface area contributed by atoms with Crippen molar-refractivity contribution in [3.8, 4) is 0 Å². The van der Waals surface area contributed by atoms with Gasteiger partial charge in [-0.25, -0.2) is 4.39 Å². The second kappa shape index (κ2) is 7.87. The third kappa shape index (κ3) is 4.25. The van der Waals surface area contributed by atoms with Crippen molar-refractivity contribution in [1.82, 2.24) is 0 Å². The van der Waals surface area contributed by atoms with Crippen LogP contribution in [0.3, 0.4) is 0 Å². The Morgan fingerprint density at radius 1 is 1.11 bits per heavy atom. The van der Waals surface area contributed by atoms with Gasteiger partial charge in [0.15, 0.2) is 0 Å². The first-order chi connectivity index (χ1) is 12.8. The SMILES string of the molecule is C=Cc1ccc(C(F)(F)OC2CCC(c3ccc(C)cc3)OC2)c(C)c1F. The van der Waals surface area contributed by atoms with Gasteiger partial charge in [-0.05, 0) is 43.9 Å². The van der Waals surface area contributed by atoms with E-state index in [1.807, 2.05) is 31.2 Å². The lowest BCUT2D eigenvalue weighted by Crippen LogP contribution is -2.34. The molecule has 2 atom stereocenters. The molecule has 0 N–H and O–H groups in total. The maximum atomic E-state index is 14.6. The Hall–Kier alpha value is -2.11. The topological polar surface area (TPSA) is 18.5 Å². The zero-order valence-corrected chi connectivity index (χ0v) is 15.5. The molecule has 1 aliphatic rings. The summed E-state index contributed by atoms with van der Waals surface area (Å²) < 4.78 is 54.1. The molecule has 2 aromatic rings. The van der Waals surface area contributed by atoms with Crippen molar-refractivity contribution in [2.75, 3.05) is 6.61 Å². The molecule has 2 unspecified atom stereocenters. The Kier molecular flexibility index (Phi) is 5.72. The maximum Gasteiger partial charge on any atom is 0.384 e. The Bertz CT molecular complexity index is 807. The molecular formula is C22H23F3O2. The van der Waals surface area contributed by atoms with Crippen molar-refractivity contribution < 1.29 is 22.6 Å². The highest BCUT2D eigenvalue weighted by Crippen LogP contribution is 2.38. The van der Waals surface area contributed by atoms with Crippen LogP contribution < -0.4 is 0 Å². The summed E-state index contributed by atoms with van der Waals surface area (Å²) in [5.74, 6) is -0.704. The number of hydrogen-bond acceptors (Lipinski definition) is 2. The molecule has 0 aromatic heterocycles. The predicted molar refractivity (Wildman–Crippen MR) is 99.1 cm³/mol. The number of ether oxygens (including phenoxy) is 2. The van der Waals surface area contributed by atoms with E-state index in [0.717, 1.165) is 11.1 Å². The Morgan fingerprint density at radius 2 is 1.81 bits per heavy atom. The van der Waals surface area contributed by atoms with Crippen LogP contribution in [0.2, 0.25) is 0 Å². The number of alkyl halides is 2. The van der Waals surface area contributed by atoms with Crippen LogP contribution >= 0.6 is 0 Å². The first kappa shape index (κ1) is 19.6. The van der Waals surface area contributed by atoms with Gasteiger partial charge >= 0.3 is 6.11 Å². The van der Waals surface area contributed by atoms with E-state index in [9.17, 15) is 13.2 Å². The van der Waals surface area contributed by atoms with Crippen molar-refractivity contribution in [2.24, 2.45) is 0 Å². The smallest absolute Gasteiger partial charge is 0.371 e. The lowest BCUT2D eigenvalue weighted by molar-refractivity contribution is -0.289. The highest BCUT2D eigenvalue weighted by atomic mass is 19.3. The summed E-state index contributed by atoms with van der Waals surface area (Å²) in [7, 11) is 0. The van der Waals surface area contributed by atoms with Crippen molar-refractivity contribution in [3.63, 3.8) is 0 Å². The first-order valence-electron chi connectivity index (χ1n) is 8.97. The van der Waals surface area contributed by atoms with Gasteiger partial charge in [0.2, 0.25) is 0 Å². The molecule has 0 amide bonds. The Morgan fingerprint density at radius 3 is 2.41 bits per heavy atom. The Labute approximate surface area is 157 Å². The summed E-state index contributed by atoms with van der Waals surface area (Å²) in [4.78, 5) is 0. The molecule has 144 valence electrons. The normalized spacial score (nSPS) is 20.5. The van der Waals surface area contributed by atoms with Crippen molar-refractivity contribution in [3.05, 3.63) is 76.6 Å². The molecule has 0 aliphatic carbocycles. The van der Waals surface area contributed by atoms with Crippen LogP contribution in [0.25, 0.3) is 6.08 Å². The van der Waals surface area contributed by atoms with Crippen molar-refractivity contribution in [2.45, 2.75) is 45.0 Å². The molecule has 27 heavy (non-hydrogen) atoms. The molecule has 0 bridgehead atoms. The van der Waals surface area contributed by atoms with E-state index in [-0.39, 0.29) is 23.8 Å². The van der Waals surface area contributed by atoms with E-state index < -0.39 is 23.6 Å². The standard InChI is InChI=1S/C22H23F3O2/c1-4-16-9-11-19(15(3)21(16)23)22(24,25)27-18-10-12-20(26-13-18)17-7-5-14(2)6-8-17/h4-9,11,18,20H,1,10,12-13H2,2-3H3. The lowest BCUT2D eigenvalue weighted by Gasteiger charge is -2.32. The summed E-state index contributed by atoms with van der Waals surface area (Å²) >= 11 is 0. The van der Waals surface area contributed by atoms with Gasteiger partial charge in [-0.15, -0.1) is 0 Å². The van der Waals surface area contributed by atoms with Crippen LogP contribution in [0.1, 0.15) is 46.8 Å². The number of rotatable bonds is 5. The fraction of sp³-hybridized carbons (Fsp3) is 0.364. The molecule has 1 saturated heterocycles. The van der Waals surface area contributed by atoms with E-state index in [1.165, 1.54) is 25.1 Å². The van der Waals surface area contributed by atoms with E-state index >= 15 is 0 Å². The van der Waals surface area contributed by atoms with Gasteiger partial charge in [-0.2, -0.15) is 8.78 Å². The highest BCUT2D eigenvalue weighted by Gasteiger charge is 2.39. The number of aryl methyl sites for hydroxylation is 1. The molecule has 0 spiro atoms. The molecular weight excluding hydrogens is 353 g/mol. The van der Waals surface area contributed by atoms with Crippen LogP contribution in [0.4, 0.5) is 13.2 Å².